The van der Waals surface area contributed by atoms with Gasteiger partial charge in [-0.3, -0.25) is 9.59 Å². The van der Waals surface area contributed by atoms with Crippen molar-refractivity contribution in [1.29, 1.82) is 15.8 Å². The van der Waals surface area contributed by atoms with Crippen LogP contribution in [-0.4, -0.2) is 30.9 Å². The van der Waals surface area contributed by atoms with E-state index in [0.717, 1.165) is 0 Å². The fraction of sp³-hybridized carbons (Fsp3) is 0.262. The summed E-state index contributed by atoms with van der Waals surface area (Å²) in [6.45, 7) is 7.89. The Hall–Kier alpha value is -6.62. The normalized spacial score (nSPS) is 13.3. The molecule has 2 heterocycles. The summed E-state index contributed by atoms with van der Waals surface area (Å²) in [5.74, 6) is -2.63. The number of fused-ring (bicyclic) bond motifs is 2. The second-order valence-corrected chi connectivity index (χ2v) is 15.0. The van der Waals surface area contributed by atoms with Crippen molar-refractivity contribution in [3.63, 3.8) is 0 Å². The molecule has 2 amide bonds. The lowest BCUT2D eigenvalue weighted by Crippen LogP contribution is -2.44. The summed E-state index contributed by atoms with van der Waals surface area (Å²) in [6, 6.07) is 21.2. The molecule has 0 saturated carbocycles. The molecule has 0 fully saturated rings. The van der Waals surface area contributed by atoms with Gasteiger partial charge in [0.15, 0.2) is 0 Å². The van der Waals surface area contributed by atoms with Gasteiger partial charge in [0.05, 0.1) is 74.3 Å². The smallest absolute Gasteiger partial charge is 0.246 e. The predicted octanol–water partition coefficient (Wildman–Crippen LogP) is 7.77. The molecule has 0 spiro atoms. The summed E-state index contributed by atoms with van der Waals surface area (Å²) in [5, 5.41) is 35.3. The third-order valence-electron chi connectivity index (χ3n) is 9.95. The standard InChI is InChI=1S/C42H36ClF2N9O2/c1-24(26-13-15-29(32(45)17-26)42(4,5)21-48)52-40(56)38(54-23-51-34-11-7-9-30(43)36(34)54)37(53-22-50-33-10-6-8-27(18-46)35(33)53)39(55)49-19-25-12-14-28(31(44)16-25)41(2,3)20-47/h6-17,22-24,37-38H,19H2,1-5H3,(H,49,55)(H,52,56). The fourth-order valence-corrected chi connectivity index (χ4v) is 7.04. The van der Waals surface area contributed by atoms with Gasteiger partial charge in [0.2, 0.25) is 11.8 Å². The maximum atomic E-state index is 15.4. The number of imidazole rings is 2. The lowest BCUT2D eigenvalue weighted by molar-refractivity contribution is -0.133. The fourth-order valence-electron chi connectivity index (χ4n) is 6.77. The highest BCUT2D eigenvalue weighted by atomic mass is 35.5. The predicted molar refractivity (Wildman–Crippen MR) is 206 cm³/mol. The van der Waals surface area contributed by atoms with E-state index in [1.807, 2.05) is 0 Å². The number of nitrogens with one attached hydrogen (secondary N) is 2. The molecule has 4 aromatic carbocycles. The molecular formula is C42H36ClF2N9O2. The minimum Gasteiger partial charge on any atom is -0.350 e. The van der Waals surface area contributed by atoms with Crippen LogP contribution in [0.5, 0.6) is 0 Å². The van der Waals surface area contributed by atoms with E-state index >= 15 is 8.78 Å². The van der Waals surface area contributed by atoms with E-state index in [9.17, 15) is 25.4 Å². The molecule has 3 unspecified atom stereocenters. The van der Waals surface area contributed by atoms with Crippen molar-refractivity contribution in [1.82, 2.24) is 29.7 Å². The van der Waals surface area contributed by atoms with Gasteiger partial charge in [0.25, 0.3) is 0 Å². The number of nitrogens with zero attached hydrogens (tertiary/aromatic N) is 7. The number of aromatic nitrogens is 4. The summed E-state index contributed by atoms with van der Waals surface area (Å²) in [5.41, 5.74) is 0.612. The molecular weight excluding hydrogens is 736 g/mol. The zero-order valence-corrected chi connectivity index (χ0v) is 31.9. The Morgan fingerprint density at radius 1 is 0.786 bits per heavy atom. The van der Waals surface area contributed by atoms with E-state index in [2.05, 4.69) is 38.8 Å². The van der Waals surface area contributed by atoms with Crippen molar-refractivity contribution in [2.45, 2.75) is 70.1 Å². The molecule has 0 saturated heterocycles. The van der Waals surface area contributed by atoms with Crippen LogP contribution in [-0.2, 0) is 27.0 Å². The molecule has 282 valence electrons. The number of carbonyl (C=O) groups is 2. The number of benzene rings is 4. The molecule has 14 heteroatoms. The van der Waals surface area contributed by atoms with Crippen LogP contribution in [0.3, 0.4) is 0 Å². The monoisotopic (exact) mass is 771 g/mol. The first-order chi connectivity index (χ1) is 26.6. The highest BCUT2D eigenvalue weighted by molar-refractivity contribution is 6.35. The van der Waals surface area contributed by atoms with Gasteiger partial charge < -0.3 is 19.8 Å². The van der Waals surface area contributed by atoms with Crippen LogP contribution in [0.4, 0.5) is 8.78 Å². The summed E-state index contributed by atoms with van der Waals surface area (Å²) < 4.78 is 33.6. The molecule has 0 radical (unpaired) electrons. The maximum absolute atomic E-state index is 15.4. The van der Waals surface area contributed by atoms with E-state index in [1.54, 1.807) is 83.1 Å². The third kappa shape index (κ3) is 7.27. The molecule has 11 nitrogen and oxygen atoms in total. The Balaban J connectivity index is 1.47. The van der Waals surface area contributed by atoms with Crippen molar-refractivity contribution in [2.75, 3.05) is 0 Å². The SMILES string of the molecule is CC(NC(=O)C(C(C(=O)NCc1ccc(C(C)(C)C#N)c(F)c1)n1cnc2cccc(C#N)c21)n1cnc2cccc(Cl)c21)c1ccc(C(C)(C)C#N)c(F)c1. The lowest BCUT2D eigenvalue weighted by Gasteiger charge is -2.30. The molecule has 3 atom stereocenters. The van der Waals surface area contributed by atoms with Crippen LogP contribution < -0.4 is 10.6 Å². The molecule has 0 aliphatic heterocycles. The Morgan fingerprint density at radius 3 is 1.93 bits per heavy atom. The minimum atomic E-state index is -1.47. The highest BCUT2D eigenvalue weighted by Gasteiger charge is 2.40. The van der Waals surface area contributed by atoms with Crippen LogP contribution in [0.2, 0.25) is 5.02 Å². The van der Waals surface area contributed by atoms with Gasteiger partial charge in [0.1, 0.15) is 29.8 Å². The summed E-state index contributed by atoms with van der Waals surface area (Å²) in [4.78, 5) is 38.5. The van der Waals surface area contributed by atoms with Crippen molar-refractivity contribution in [3.05, 3.63) is 130 Å². The largest absolute Gasteiger partial charge is 0.350 e. The Kier molecular flexibility index (Phi) is 10.6. The Labute approximate surface area is 326 Å². The van der Waals surface area contributed by atoms with Gasteiger partial charge in [0, 0.05) is 17.7 Å². The molecule has 2 N–H and O–H groups in total. The molecule has 6 rings (SSSR count). The van der Waals surface area contributed by atoms with Crippen LogP contribution in [0, 0.1) is 45.6 Å². The third-order valence-corrected chi connectivity index (χ3v) is 10.3. The molecule has 2 aromatic heterocycles. The lowest BCUT2D eigenvalue weighted by atomic mass is 9.85. The topological polar surface area (TPSA) is 165 Å². The van der Waals surface area contributed by atoms with Crippen LogP contribution in [0.1, 0.15) is 80.6 Å². The van der Waals surface area contributed by atoms with Gasteiger partial charge in [-0.1, -0.05) is 48.0 Å². The number of hydrogen-bond acceptors (Lipinski definition) is 7. The van der Waals surface area contributed by atoms with Gasteiger partial charge in [-0.2, -0.15) is 15.8 Å². The molecule has 6 aromatic rings. The van der Waals surface area contributed by atoms with Crippen molar-refractivity contribution >= 4 is 45.5 Å². The van der Waals surface area contributed by atoms with E-state index in [0.29, 0.717) is 27.7 Å². The molecule has 0 aliphatic rings. The van der Waals surface area contributed by atoms with Crippen molar-refractivity contribution in [2.24, 2.45) is 0 Å². The number of rotatable bonds is 11. The quantitative estimate of drug-likeness (QED) is 0.136. The van der Waals surface area contributed by atoms with Gasteiger partial charge in [-0.25, -0.2) is 18.7 Å². The number of carbonyl (C=O) groups excluding carboxylic acids is 2. The summed E-state index contributed by atoms with van der Waals surface area (Å²) in [6.07, 6.45) is 2.75. The van der Waals surface area contributed by atoms with E-state index in [4.69, 9.17) is 11.6 Å². The van der Waals surface area contributed by atoms with Crippen LogP contribution >= 0.6 is 11.6 Å². The van der Waals surface area contributed by atoms with E-state index in [-0.39, 0.29) is 33.8 Å². The zero-order chi connectivity index (χ0) is 40.5. The Bertz CT molecular complexity index is 2640. The van der Waals surface area contributed by atoms with E-state index < -0.39 is 52.4 Å². The second-order valence-electron chi connectivity index (χ2n) is 14.6. The molecule has 0 bridgehead atoms. The first-order valence-corrected chi connectivity index (χ1v) is 18.0. The van der Waals surface area contributed by atoms with Crippen LogP contribution in [0.15, 0.2) is 85.5 Å². The summed E-state index contributed by atoms with van der Waals surface area (Å²) >= 11 is 6.72. The van der Waals surface area contributed by atoms with Crippen LogP contribution in [0.25, 0.3) is 22.1 Å². The number of amides is 2. The van der Waals surface area contributed by atoms with Gasteiger partial charge in [-0.05, 0) is 82.1 Å². The number of para-hydroxylation sites is 2. The maximum Gasteiger partial charge on any atom is 0.246 e. The minimum absolute atomic E-state index is 0.169. The number of hydrogen-bond donors (Lipinski definition) is 2. The molecule has 56 heavy (non-hydrogen) atoms. The highest BCUT2D eigenvalue weighted by Crippen LogP contribution is 2.35. The summed E-state index contributed by atoms with van der Waals surface area (Å²) in [7, 11) is 0. The van der Waals surface area contributed by atoms with Crippen molar-refractivity contribution in [3.8, 4) is 18.2 Å². The Morgan fingerprint density at radius 2 is 1.34 bits per heavy atom. The van der Waals surface area contributed by atoms with Gasteiger partial charge in [-0.15, -0.1) is 0 Å². The number of nitriles is 3. The average molecular weight is 772 g/mol. The first-order valence-electron chi connectivity index (χ1n) is 17.6. The second kappa shape index (κ2) is 15.3. The van der Waals surface area contributed by atoms with E-state index in [1.165, 1.54) is 46.1 Å². The van der Waals surface area contributed by atoms with Crippen molar-refractivity contribution < 1.29 is 18.4 Å². The first kappa shape index (κ1) is 39.1. The average Bonchev–Trinajstić information content (AvgIpc) is 3.81. The molecule has 0 aliphatic carbocycles. The van der Waals surface area contributed by atoms with Gasteiger partial charge >= 0.3 is 0 Å². The number of halogens is 3. The zero-order valence-electron chi connectivity index (χ0n) is 31.1.